The van der Waals surface area contributed by atoms with E-state index in [0.717, 1.165) is 11.5 Å². The zero-order valence-corrected chi connectivity index (χ0v) is 13.4. The number of unbranched alkanes of at least 4 members (excludes halogenated alkanes) is 2. The van der Waals surface area contributed by atoms with Crippen LogP contribution in [0.3, 0.4) is 0 Å². The third kappa shape index (κ3) is 4.63. The SMILES string of the molecule is CCCCCC(C)(C)c1ccc(Oc2[c]cccc2)cc1. The molecule has 0 aliphatic rings. The topological polar surface area (TPSA) is 9.23 Å². The molecule has 1 heteroatoms. The minimum absolute atomic E-state index is 0.229. The van der Waals surface area contributed by atoms with Crippen LogP contribution < -0.4 is 4.74 Å². The second kappa shape index (κ2) is 7.31. The molecule has 2 aromatic carbocycles. The van der Waals surface area contributed by atoms with Gasteiger partial charge in [0.2, 0.25) is 0 Å². The number of para-hydroxylation sites is 1. The maximum atomic E-state index is 5.79. The van der Waals surface area contributed by atoms with E-state index in [0.29, 0.717) is 0 Å². The van der Waals surface area contributed by atoms with Gasteiger partial charge in [-0.1, -0.05) is 70.4 Å². The Morgan fingerprint density at radius 1 is 1.00 bits per heavy atom. The lowest BCUT2D eigenvalue weighted by atomic mass is 9.80. The first-order chi connectivity index (χ1) is 10.1. The molecule has 111 valence electrons. The van der Waals surface area contributed by atoms with Gasteiger partial charge >= 0.3 is 0 Å². The summed E-state index contributed by atoms with van der Waals surface area (Å²) in [7, 11) is 0. The fraction of sp³-hybridized carbons (Fsp3) is 0.400. The molecule has 1 radical (unpaired) electrons. The summed E-state index contributed by atoms with van der Waals surface area (Å²) in [6.45, 7) is 6.90. The fourth-order valence-corrected chi connectivity index (χ4v) is 2.50. The molecule has 0 aromatic heterocycles. The maximum absolute atomic E-state index is 5.79. The molecule has 0 bridgehead atoms. The van der Waals surface area contributed by atoms with Gasteiger partial charge in [0.25, 0.3) is 0 Å². The second-order valence-corrected chi connectivity index (χ2v) is 6.19. The van der Waals surface area contributed by atoms with Crippen molar-refractivity contribution in [3.8, 4) is 11.5 Å². The standard InChI is InChI=1S/C20H25O/c1-4-5-9-16-20(2,3)17-12-14-19(15-13-17)21-18-10-7-6-8-11-18/h6-8,10,12-15H,4-5,9,16H2,1-3H3. The molecular weight excluding hydrogens is 256 g/mol. The molecule has 0 fully saturated rings. The van der Waals surface area contributed by atoms with E-state index in [9.17, 15) is 0 Å². The summed E-state index contributed by atoms with van der Waals surface area (Å²) < 4.78 is 5.79. The summed E-state index contributed by atoms with van der Waals surface area (Å²) in [5.74, 6) is 1.62. The van der Waals surface area contributed by atoms with Crippen LogP contribution in [0.2, 0.25) is 0 Å². The Hall–Kier alpha value is -1.76. The van der Waals surface area contributed by atoms with Gasteiger partial charge in [0.15, 0.2) is 0 Å². The molecule has 2 aromatic rings. The first-order valence-electron chi connectivity index (χ1n) is 7.87. The van der Waals surface area contributed by atoms with E-state index in [1.54, 1.807) is 0 Å². The lowest BCUT2D eigenvalue weighted by Gasteiger charge is -2.25. The Bertz CT molecular complexity index is 526. The van der Waals surface area contributed by atoms with Crippen LogP contribution >= 0.6 is 0 Å². The van der Waals surface area contributed by atoms with Crippen molar-refractivity contribution in [2.24, 2.45) is 0 Å². The minimum Gasteiger partial charge on any atom is -0.457 e. The summed E-state index contributed by atoms with van der Waals surface area (Å²) in [4.78, 5) is 0. The van der Waals surface area contributed by atoms with Crippen LogP contribution in [0.4, 0.5) is 0 Å². The van der Waals surface area contributed by atoms with Crippen LogP contribution in [0.5, 0.6) is 11.5 Å². The van der Waals surface area contributed by atoms with Crippen molar-refractivity contribution in [1.82, 2.24) is 0 Å². The van der Waals surface area contributed by atoms with E-state index in [1.807, 2.05) is 24.3 Å². The summed E-state index contributed by atoms with van der Waals surface area (Å²) in [5, 5.41) is 0. The summed E-state index contributed by atoms with van der Waals surface area (Å²) in [6, 6.07) is 19.2. The van der Waals surface area contributed by atoms with E-state index in [1.165, 1.54) is 31.2 Å². The Balaban J connectivity index is 2.01. The number of benzene rings is 2. The van der Waals surface area contributed by atoms with Crippen LogP contribution in [0.25, 0.3) is 0 Å². The molecule has 0 heterocycles. The van der Waals surface area contributed by atoms with Crippen molar-refractivity contribution in [3.05, 3.63) is 60.2 Å². The van der Waals surface area contributed by atoms with Crippen LogP contribution in [-0.2, 0) is 5.41 Å². The minimum atomic E-state index is 0.229. The van der Waals surface area contributed by atoms with E-state index in [4.69, 9.17) is 4.74 Å². The molecule has 0 aliphatic heterocycles. The van der Waals surface area contributed by atoms with Gasteiger partial charge in [-0.3, -0.25) is 0 Å². The molecule has 0 aliphatic carbocycles. The van der Waals surface area contributed by atoms with Gasteiger partial charge in [-0.25, -0.2) is 0 Å². The van der Waals surface area contributed by atoms with Gasteiger partial charge in [0, 0.05) is 6.07 Å². The highest BCUT2D eigenvalue weighted by Gasteiger charge is 2.19. The lowest BCUT2D eigenvalue weighted by molar-refractivity contribution is 0.447. The third-order valence-electron chi connectivity index (χ3n) is 3.95. The van der Waals surface area contributed by atoms with Crippen molar-refractivity contribution < 1.29 is 4.74 Å². The monoisotopic (exact) mass is 281 g/mol. The quantitative estimate of drug-likeness (QED) is 0.554. The number of ether oxygens (including phenoxy) is 1. The molecule has 1 nitrogen and oxygen atoms in total. The third-order valence-corrected chi connectivity index (χ3v) is 3.95. The van der Waals surface area contributed by atoms with Crippen LogP contribution in [0.15, 0.2) is 48.5 Å². The molecule has 0 amide bonds. The van der Waals surface area contributed by atoms with Gasteiger partial charge in [0.05, 0.1) is 0 Å². The van der Waals surface area contributed by atoms with Gasteiger partial charge < -0.3 is 4.74 Å². The summed E-state index contributed by atoms with van der Waals surface area (Å²) in [6.07, 6.45) is 5.11. The maximum Gasteiger partial charge on any atom is 0.135 e. The Morgan fingerprint density at radius 3 is 2.38 bits per heavy atom. The van der Waals surface area contributed by atoms with Crippen molar-refractivity contribution in [3.63, 3.8) is 0 Å². The van der Waals surface area contributed by atoms with Crippen LogP contribution in [0, 0.1) is 6.07 Å². The molecule has 21 heavy (non-hydrogen) atoms. The Morgan fingerprint density at radius 2 is 1.76 bits per heavy atom. The molecule has 0 saturated heterocycles. The second-order valence-electron chi connectivity index (χ2n) is 6.19. The highest BCUT2D eigenvalue weighted by atomic mass is 16.5. The molecule has 0 saturated carbocycles. The van der Waals surface area contributed by atoms with E-state index in [-0.39, 0.29) is 5.41 Å². The van der Waals surface area contributed by atoms with Crippen molar-refractivity contribution in [2.45, 2.75) is 51.9 Å². The zero-order chi connectivity index (χ0) is 15.1. The van der Waals surface area contributed by atoms with Crippen molar-refractivity contribution in [2.75, 3.05) is 0 Å². The first kappa shape index (κ1) is 15.6. The largest absolute Gasteiger partial charge is 0.457 e. The van der Waals surface area contributed by atoms with Gasteiger partial charge in [-0.15, -0.1) is 0 Å². The van der Waals surface area contributed by atoms with Gasteiger partial charge in [0.1, 0.15) is 11.5 Å². The molecule has 2 rings (SSSR count). The lowest BCUT2D eigenvalue weighted by Crippen LogP contribution is -2.16. The Kier molecular flexibility index (Phi) is 5.44. The van der Waals surface area contributed by atoms with Crippen molar-refractivity contribution in [1.29, 1.82) is 0 Å². The number of hydrogen-bond donors (Lipinski definition) is 0. The van der Waals surface area contributed by atoms with Gasteiger partial charge in [-0.05, 0) is 35.6 Å². The van der Waals surface area contributed by atoms with E-state index >= 15 is 0 Å². The average molecular weight is 281 g/mol. The average Bonchev–Trinajstić information content (AvgIpc) is 2.49. The summed E-state index contributed by atoms with van der Waals surface area (Å²) in [5.41, 5.74) is 1.61. The molecular formula is C20H25O. The molecule has 0 unspecified atom stereocenters. The predicted molar refractivity (Wildman–Crippen MR) is 89.0 cm³/mol. The summed E-state index contributed by atoms with van der Waals surface area (Å²) >= 11 is 0. The Labute approximate surface area is 129 Å². The van der Waals surface area contributed by atoms with Crippen molar-refractivity contribution >= 4 is 0 Å². The molecule has 0 N–H and O–H groups in total. The van der Waals surface area contributed by atoms with Gasteiger partial charge in [-0.2, -0.15) is 0 Å². The number of hydrogen-bond acceptors (Lipinski definition) is 1. The van der Waals surface area contributed by atoms with Crippen LogP contribution in [-0.4, -0.2) is 0 Å². The first-order valence-corrected chi connectivity index (χ1v) is 7.87. The number of rotatable bonds is 7. The van der Waals surface area contributed by atoms with E-state index < -0.39 is 0 Å². The molecule has 0 atom stereocenters. The smallest absolute Gasteiger partial charge is 0.135 e. The predicted octanol–water partition coefficient (Wildman–Crippen LogP) is 6.14. The highest BCUT2D eigenvalue weighted by Crippen LogP contribution is 2.31. The normalized spacial score (nSPS) is 11.4. The van der Waals surface area contributed by atoms with Crippen LogP contribution in [0.1, 0.15) is 52.0 Å². The highest BCUT2D eigenvalue weighted by molar-refractivity contribution is 5.34. The zero-order valence-electron chi connectivity index (χ0n) is 13.4. The molecule has 0 spiro atoms. The van der Waals surface area contributed by atoms with E-state index in [2.05, 4.69) is 51.1 Å². The fourth-order valence-electron chi connectivity index (χ4n) is 2.50.